The van der Waals surface area contributed by atoms with Gasteiger partial charge in [0.05, 0.1) is 11.7 Å². The third-order valence-corrected chi connectivity index (χ3v) is 4.01. The number of anilines is 1. The minimum Gasteiger partial charge on any atom is -0.356 e. The number of amides is 1. The standard InChI is InChI=1S/C16H21N5O/c1-11(2)20-16(22)12-4-7-21(8-5-12)15-13-3-6-17-9-14(13)18-10-19-15/h3,6,9-12H,4-5,7-8H2,1-2H3,(H,20,22). The lowest BCUT2D eigenvalue weighted by atomic mass is 9.95. The van der Waals surface area contributed by atoms with Crippen molar-refractivity contribution < 1.29 is 4.79 Å². The van der Waals surface area contributed by atoms with Gasteiger partial charge < -0.3 is 10.2 Å². The Labute approximate surface area is 130 Å². The fraction of sp³-hybridized carbons (Fsp3) is 0.500. The third-order valence-electron chi connectivity index (χ3n) is 4.01. The van der Waals surface area contributed by atoms with E-state index >= 15 is 0 Å². The van der Waals surface area contributed by atoms with Crippen LogP contribution >= 0.6 is 0 Å². The van der Waals surface area contributed by atoms with Gasteiger partial charge in [-0.1, -0.05) is 0 Å². The molecule has 2 aromatic rings. The molecule has 1 amide bonds. The molecule has 3 heterocycles. The Hall–Kier alpha value is -2.24. The van der Waals surface area contributed by atoms with Gasteiger partial charge >= 0.3 is 0 Å². The van der Waals surface area contributed by atoms with E-state index in [4.69, 9.17) is 0 Å². The van der Waals surface area contributed by atoms with Gasteiger partial charge in [0.2, 0.25) is 5.91 Å². The number of carbonyl (C=O) groups excluding carboxylic acids is 1. The van der Waals surface area contributed by atoms with Crippen LogP contribution in [0.3, 0.4) is 0 Å². The first kappa shape index (κ1) is 14.7. The topological polar surface area (TPSA) is 71.0 Å². The number of nitrogens with zero attached hydrogens (tertiary/aromatic N) is 4. The fourth-order valence-electron chi connectivity index (χ4n) is 2.90. The summed E-state index contributed by atoms with van der Waals surface area (Å²) in [5, 5.41) is 4.02. The largest absolute Gasteiger partial charge is 0.356 e. The number of hydrogen-bond acceptors (Lipinski definition) is 5. The van der Waals surface area contributed by atoms with Crippen molar-refractivity contribution in [2.24, 2.45) is 5.92 Å². The highest BCUT2D eigenvalue weighted by Crippen LogP contribution is 2.26. The minimum absolute atomic E-state index is 0.105. The van der Waals surface area contributed by atoms with E-state index in [0.29, 0.717) is 0 Å². The molecule has 0 spiro atoms. The number of piperidine rings is 1. The van der Waals surface area contributed by atoms with Crippen molar-refractivity contribution in [2.45, 2.75) is 32.7 Å². The van der Waals surface area contributed by atoms with Gasteiger partial charge in [0.15, 0.2) is 0 Å². The molecule has 22 heavy (non-hydrogen) atoms. The molecular weight excluding hydrogens is 278 g/mol. The lowest BCUT2D eigenvalue weighted by Crippen LogP contribution is -2.42. The Morgan fingerprint density at radius 3 is 2.82 bits per heavy atom. The van der Waals surface area contributed by atoms with Crippen molar-refractivity contribution in [1.29, 1.82) is 0 Å². The molecule has 1 saturated heterocycles. The second-order valence-electron chi connectivity index (χ2n) is 6.01. The first-order valence-corrected chi connectivity index (χ1v) is 7.75. The number of pyridine rings is 1. The van der Waals surface area contributed by atoms with E-state index in [1.54, 1.807) is 18.7 Å². The number of hydrogen-bond donors (Lipinski definition) is 1. The van der Waals surface area contributed by atoms with Crippen molar-refractivity contribution in [3.8, 4) is 0 Å². The number of rotatable bonds is 3. The maximum Gasteiger partial charge on any atom is 0.223 e. The monoisotopic (exact) mass is 299 g/mol. The number of fused-ring (bicyclic) bond motifs is 1. The van der Waals surface area contributed by atoms with Crippen LogP contribution in [0.15, 0.2) is 24.8 Å². The van der Waals surface area contributed by atoms with Crippen LogP contribution in [0.5, 0.6) is 0 Å². The van der Waals surface area contributed by atoms with Crippen LogP contribution in [0.4, 0.5) is 5.82 Å². The van der Waals surface area contributed by atoms with Crippen LogP contribution in [-0.4, -0.2) is 40.0 Å². The van der Waals surface area contributed by atoms with Gasteiger partial charge in [-0.05, 0) is 32.8 Å². The molecule has 0 atom stereocenters. The van der Waals surface area contributed by atoms with Gasteiger partial charge in [-0.15, -0.1) is 0 Å². The molecule has 0 unspecified atom stereocenters. The van der Waals surface area contributed by atoms with Crippen molar-refractivity contribution in [3.05, 3.63) is 24.8 Å². The molecule has 0 radical (unpaired) electrons. The molecule has 0 aliphatic carbocycles. The van der Waals surface area contributed by atoms with Gasteiger partial charge in [-0.3, -0.25) is 9.78 Å². The van der Waals surface area contributed by atoms with Crippen molar-refractivity contribution in [2.75, 3.05) is 18.0 Å². The molecule has 6 nitrogen and oxygen atoms in total. The predicted octanol–water partition coefficient (Wildman–Crippen LogP) is 1.77. The molecule has 6 heteroatoms. The molecule has 0 saturated carbocycles. The lowest BCUT2D eigenvalue weighted by Gasteiger charge is -2.32. The van der Waals surface area contributed by atoms with Gasteiger partial charge in [0.25, 0.3) is 0 Å². The summed E-state index contributed by atoms with van der Waals surface area (Å²) in [5.74, 6) is 1.22. The molecule has 3 rings (SSSR count). The summed E-state index contributed by atoms with van der Waals surface area (Å²) >= 11 is 0. The predicted molar refractivity (Wildman–Crippen MR) is 85.5 cm³/mol. The smallest absolute Gasteiger partial charge is 0.223 e. The van der Waals surface area contributed by atoms with Crippen molar-refractivity contribution in [3.63, 3.8) is 0 Å². The van der Waals surface area contributed by atoms with E-state index in [0.717, 1.165) is 42.7 Å². The molecule has 1 N–H and O–H groups in total. The fourth-order valence-corrected chi connectivity index (χ4v) is 2.90. The van der Waals surface area contributed by atoms with Crippen LogP contribution in [-0.2, 0) is 4.79 Å². The first-order chi connectivity index (χ1) is 10.6. The molecule has 2 aromatic heterocycles. The second-order valence-corrected chi connectivity index (χ2v) is 6.01. The molecule has 0 aromatic carbocycles. The summed E-state index contributed by atoms with van der Waals surface area (Å²) in [6, 6.07) is 2.14. The van der Waals surface area contributed by atoms with Crippen LogP contribution < -0.4 is 10.2 Å². The zero-order valence-electron chi connectivity index (χ0n) is 13.0. The molecule has 1 aliphatic rings. The zero-order chi connectivity index (χ0) is 15.5. The molecule has 0 bridgehead atoms. The molecular formula is C16H21N5O. The van der Waals surface area contributed by atoms with Gasteiger partial charge in [-0.2, -0.15) is 0 Å². The summed E-state index contributed by atoms with van der Waals surface area (Å²) in [6.07, 6.45) is 6.81. The normalized spacial score (nSPS) is 16.2. The highest BCUT2D eigenvalue weighted by atomic mass is 16.1. The van der Waals surface area contributed by atoms with E-state index in [1.807, 2.05) is 19.9 Å². The lowest BCUT2D eigenvalue weighted by molar-refractivity contribution is -0.126. The van der Waals surface area contributed by atoms with Crippen molar-refractivity contribution >= 4 is 22.6 Å². The highest BCUT2D eigenvalue weighted by molar-refractivity contribution is 5.88. The summed E-state index contributed by atoms with van der Waals surface area (Å²) in [5.41, 5.74) is 0.854. The Kier molecular flexibility index (Phi) is 4.18. The first-order valence-electron chi connectivity index (χ1n) is 7.75. The highest BCUT2D eigenvalue weighted by Gasteiger charge is 2.26. The second kappa shape index (κ2) is 6.25. The van der Waals surface area contributed by atoms with Gasteiger partial charge in [0, 0.05) is 36.6 Å². The Bertz CT molecular complexity index is 659. The summed E-state index contributed by atoms with van der Waals surface area (Å²) in [6.45, 7) is 5.66. The Morgan fingerprint density at radius 1 is 1.32 bits per heavy atom. The Balaban J connectivity index is 1.72. The van der Waals surface area contributed by atoms with Crippen LogP contribution in [0.2, 0.25) is 0 Å². The summed E-state index contributed by atoms with van der Waals surface area (Å²) < 4.78 is 0. The van der Waals surface area contributed by atoms with E-state index in [9.17, 15) is 4.79 Å². The maximum atomic E-state index is 12.1. The Morgan fingerprint density at radius 2 is 2.09 bits per heavy atom. The van der Waals surface area contributed by atoms with Crippen LogP contribution in [0.25, 0.3) is 10.9 Å². The maximum absolute atomic E-state index is 12.1. The number of aromatic nitrogens is 3. The van der Waals surface area contributed by atoms with Crippen molar-refractivity contribution in [1.82, 2.24) is 20.3 Å². The van der Waals surface area contributed by atoms with Crippen LogP contribution in [0.1, 0.15) is 26.7 Å². The summed E-state index contributed by atoms with van der Waals surface area (Å²) in [7, 11) is 0. The average Bonchev–Trinajstić information content (AvgIpc) is 2.54. The van der Waals surface area contributed by atoms with E-state index in [1.165, 1.54) is 0 Å². The zero-order valence-corrected chi connectivity index (χ0v) is 13.0. The summed E-state index contributed by atoms with van der Waals surface area (Å²) in [4.78, 5) is 27.1. The van der Waals surface area contributed by atoms with E-state index in [2.05, 4.69) is 25.2 Å². The third kappa shape index (κ3) is 3.00. The molecule has 116 valence electrons. The van der Waals surface area contributed by atoms with E-state index < -0.39 is 0 Å². The quantitative estimate of drug-likeness (QED) is 0.935. The van der Waals surface area contributed by atoms with Crippen LogP contribution in [0, 0.1) is 5.92 Å². The minimum atomic E-state index is 0.105. The van der Waals surface area contributed by atoms with Gasteiger partial charge in [0.1, 0.15) is 12.1 Å². The molecule has 1 fully saturated rings. The number of carbonyl (C=O) groups is 1. The van der Waals surface area contributed by atoms with Gasteiger partial charge in [-0.25, -0.2) is 9.97 Å². The average molecular weight is 299 g/mol. The number of nitrogens with one attached hydrogen (secondary N) is 1. The SMILES string of the molecule is CC(C)NC(=O)C1CCN(c2ncnc3cnccc23)CC1. The molecule has 1 aliphatic heterocycles. The van der Waals surface area contributed by atoms with E-state index in [-0.39, 0.29) is 17.9 Å².